The van der Waals surface area contributed by atoms with E-state index in [1.54, 1.807) is 15.3 Å². The van der Waals surface area contributed by atoms with E-state index in [0.29, 0.717) is 0 Å². The number of fused-ring (bicyclic) bond motifs is 1. The quantitative estimate of drug-likeness (QED) is 0.892. The lowest BCUT2D eigenvalue weighted by Gasteiger charge is -2.19. The first-order valence-corrected chi connectivity index (χ1v) is 9.23. The Labute approximate surface area is 127 Å². The van der Waals surface area contributed by atoms with Crippen molar-refractivity contribution in [3.8, 4) is 0 Å². The van der Waals surface area contributed by atoms with Crippen LogP contribution >= 0.6 is 11.3 Å². The van der Waals surface area contributed by atoms with Crippen molar-refractivity contribution in [1.82, 2.24) is 10.2 Å². The van der Waals surface area contributed by atoms with Gasteiger partial charge in [-0.2, -0.15) is 0 Å². The highest BCUT2D eigenvalue weighted by Gasteiger charge is 2.18. The fourth-order valence-electron chi connectivity index (χ4n) is 3.62. The summed E-state index contributed by atoms with van der Waals surface area (Å²) < 4.78 is 0. The molecule has 1 saturated heterocycles. The van der Waals surface area contributed by atoms with Gasteiger partial charge in [-0.15, -0.1) is 11.3 Å². The zero-order valence-corrected chi connectivity index (χ0v) is 13.6. The molecule has 3 rings (SSSR count). The second kappa shape index (κ2) is 7.06. The number of aryl methyl sites for hydroxylation is 2. The van der Waals surface area contributed by atoms with Gasteiger partial charge < -0.3 is 10.2 Å². The fourth-order valence-corrected chi connectivity index (χ4v) is 4.83. The summed E-state index contributed by atoms with van der Waals surface area (Å²) in [5, 5.41) is 3.81. The van der Waals surface area contributed by atoms with Crippen LogP contribution in [0.2, 0.25) is 0 Å². The van der Waals surface area contributed by atoms with Gasteiger partial charge in [0.25, 0.3) is 0 Å². The molecule has 0 spiro atoms. The molecule has 1 unspecified atom stereocenters. The van der Waals surface area contributed by atoms with Gasteiger partial charge in [-0.3, -0.25) is 0 Å². The lowest BCUT2D eigenvalue weighted by Crippen LogP contribution is -2.30. The minimum Gasteiger partial charge on any atom is -0.309 e. The van der Waals surface area contributed by atoms with Gasteiger partial charge in [0.2, 0.25) is 0 Å². The standard InChI is InChI=1S/C17H28N2S/c1-2-9-19-10-4-6-15(8-11-19)18-13-16-12-14-5-3-7-17(14)20-16/h12,15,18H,2-11,13H2,1H3. The maximum Gasteiger partial charge on any atom is 0.0302 e. The number of rotatable bonds is 5. The summed E-state index contributed by atoms with van der Waals surface area (Å²) in [6.45, 7) is 7.25. The van der Waals surface area contributed by atoms with Crippen molar-refractivity contribution in [2.75, 3.05) is 19.6 Å². The van der Waals surface area contributed by atoms with Crippen LogP contribution in [0, 0.1) is 0 Å². The monoisotopic (exact) mass is 292 g/mol. The van der Waals surface area contributed by atoms with E-state index in [2.05, 4.69) is 34.5 Å². The molecule has 1 N–H and O–H groups in total. The van der Waals surface area contributed by atoms with Crippen molar-refractivity contribution in [3.63, 3.8) is 0 Å². The van der Waals surface area contributed by atoms with Crippen LogP contribution in [0.1, 0.15) is 54.3 Å². The molecule has 1 aliphatic heterocycles. The summed E-state index contributed by atoms with van der Waals surface area (Å²) in [6, 6.07) is 3.19. The maximum absolute atomic E-state index is 3.81. The second-order valence-corrected chi connectivity index (χ2v) is 7.59. The third kappa shape index (κ3) is 3.63. The highest BCUT2D eigenvalue weighted by Crippen LogP contribution is 2.30. The summed E-state index contributed by atoms with van der Waals surface area (Å²) in [4.78, 5) is 5.86. The van der Waals surface area contributed by atoms with E-state index in [4.69, 9.17) is 0 Å². The lowest BCUT2D eigenvalue weighted by atomic mass is 10.1. The van der Waals surface area contributed by atoms with Gasteiger partial charge >= 0.3 is 0 Å². The average molecular weight is 292 g/mol. The first-order chi connectivity index (χ1) is 9.85. The minimum absolute atomic E-state index is 0.730. The lowest BCUT2D eigenvalue weighted by molar-refractivity contribution is 0.282. The maximum atomic E-state index is 3.81. The van der Waals surface area contributed by atoms with E-state index in [0.717, 1.165) is 12.6 Å². The SMILES string of the molecule is CCCN1CCCC(NCc2cc3c(s2)CCC3)CC1. The predicted octanol–water partition coefficient (Wildman–Crippen LogP) is 3.59. The number of hydrogen-bond acceptors (Lipinski definition) is 3. The molecule has 0 bridgehead atoms. The molecule has 0 amide bonds. The first kappa shape index (κ1) is 14.6. The van der Waals surface area contributed by atoms with Crippen molar-refractivity contribution < 1.29 is 0 Å². The molecule has 1 aromatic heterocycles. The molecule has 1 fully saturated rings. The van der Waals surface area contributed by atoms with Crippen molar-refractivity contribution in [2.24, 2.45) is 0 Å². The zero-order valence-electron chi connectivity index (χ0n) is 12.8. The van der Waals surface area contributed by atoms with Crippen LogP contribution in [-0.2, 0) is 19.4 Å². The van der Waals surface area contributed by atoms with Crippen LogP contribution < -0.4 is 5.32 Å². The number of nitrogens with one attached hydrogen (secondary N) is 1. The first-order valence-electron chi connectivity index (χ1n) is 8.41. The molecule has 0 aromatic carbocycles. The number of likely N-dealkylation sites (tertiary alicyclic amines) is 1. The number of hydrogen-bond donors (Lipinski definition) is 1. The molecule has 2 aliphatic rings. The summed E-state index contributed by atoms with van der Waals surface area (Å²) in [5.41, 5.74) is 1.64. The van der Waals surface area contributed by atoms with Gasteiger partial charge in [-0.25, -0.2) is 0 Å². The third-order valence-corrected chi connectivity index (χ3v) is 5.96. The molecular weight excluding hydrogens is 264 g/mol. The van der Waals surface area contributed by atoms with Crippen molar-refractivity contribution in [3.05, 3.63) is 21.4 Å². The second-order valence-electron chi connectivity index (χ2n) is 6.37. The van der Waals surface area contributed by atoms with Crippen LogP contribution in [-0.4, -0.2) is 30.6 Å². The zero-order chi connectivity index (χ0) is 13.8. The van der Waals surface area contributed by atoms with Crippen LogP contribution in [0.25, 0.3) is 0 Å². The van der Waals surface area contributed by atoms with Crippen molar-refractivity contribution >= 4 is 11.3 Å². The van der Waals surface area contributed by atoms with Crippen LogP contribution in [0.4, 0.5) is 0 Å². The Balaban J connectivity index is 1.46. The van der Waals surface area contributed by atoms with Gasteiger partial charge in [-0.1, -0.05) is 6.92 Å². The smallest absolute Gasteiger partial charge is 0.0302 e. The van der Waals surface area contributed by atoms with Gasteiger partial charge in [0.1, 0.15) is 0 Å². The van der Waals surface area contributed by atoms with Gasteiger partial charge in [-0.05, 0) is 76.2 Å². The van der Waals surface area contributed by atoms with E-state index in [9.17, 15) is 0 Å². The summed E-state index contributed by atoms with van der Waals surface area (Å²) in [7, 11) is 0. The normalized spacial score (nSPS) is 23.8. The predicted molar refractivity (Wildman–Crippen MR) is 87.6 cm³/mol. The summed E-state index contributed by atoms with van der Waals surface area (Å²) in [6.07, 6.45) is 9.36. The molecule has 3 heteroatoms. The van der Waals surface area contributed by atoms with Crippen molar-refractivity contribution in [2.45, 2.75) is 64.5 Å². The molecule has 20 heavy (non-hydrogen) atoms. The Morgan fingerprint density at radius 3 is 3.05 bits per heavy atom. The highest BCUT2D eigenvalue weighted by atomic mass is 32.1. The number of thiophene rings is 1. The Hall–Kier alpha value is -0.380. The van der Waals surface area contributed by atoms with Gasteiger partial charge in [0.15, 0.2) is 0 Å². The Bertz CT molecular complexity index is 405. The largest absolute Gasteiger partial charge is 0.309 e. The van der Waals surface area contributed by atoms with Gasteiger partial charge in [0, 0.05) is 22.3 Å². The Morgan fingerprint density at radius 1 is 1.25 bits per heavy atom. The Morgan fingerprint density at radius 2 is 2.20 bits per heavy atom. The molecule has 1 aromatic rings. The van der Waals surface area contributed by atoms with E-state index in [1.165, 1.54) is 64.6 Å². The molecule has 0 saturated carbocycles. The molecule has 112 valence electrons. The third-order valence-electron chi connectivity index (χ3n) is 4.72. The summed E-state index contributed by atoms with van der Waals surface area (Å²) >= 11 is 2.05. The van der Waals surface area contributed by atoms with Crippen LogP contribution in [0.3, 0.4) is 0 Å². The minimum atomic E-state index is 0.730. The molecule has 2 nitrogen and oxygen atoms in total. The Kier molecular flexibility index (Phi) is 5.14. The summed E-state index contributed by atoms with van der Waals surface area (Å²) in [5.74, 6) is 0. The topological polar surface area (TPSA) is 15.3 Å². The van der Waals surface area contributed by atoms with Crippen LogP contribution in [0.15, 0.2) is 6.07 Å². The molecule has 1 atom stereocenters. The van der Waals surface area contributed by atoms with E-state index in [-0.39, 0.29) is 0 Å². The van der Waals surface area contributed by atoms with E-state index < -0.39 is 0 Å². The van der Waals surface area contributed by atoms with E-state index in [1.807, 2.05) is 0 Å². The van der Waals surface area contributed by atoms with Crippen molar-refractivity contribution in [1.29, 1.82) is 0 Å². The molecule has 2 heterocycles. The van der Waals surface area contributed by atoms with Crippen LogP contribution in [0.5, 0.6) is 0 Å². The molecule has 1 aliphatic carbocycles. The number of nitrogens with zero attached hydrogens (tertiary/aromatic N) is 1. The fraction of sp³-hybridized carbons (Fsp3) is 0.765. The molecular formula is C17H28N2S. The average Bonchev–Trinajstić information content (AvgIpc) is 2.94. The highest BCUT2D eigenvalue weighted by molar-refractivity contribution is 7.12. The van der Waals surface area contributed by atoms with Gasteiger partial charge in [0.05, 0.1) is 0 Å². The molecule has 0 radical (unpaired) electrons. The van der Waals surface area contributed by atoms with E-state index >= 15 is 0 Å².